The smallest absolute Gasteiger partial charge is 0.0875 e. The molecule has 0 aliphatic rings. The normalized spacial score (nSPS) is 10.4. The lowest BCUT2D eigenvalue weighted by Crippen LogP contribution is -1.99. The first-order valence-electron chi connectivity index (χ1n) is 4.16. The van der Waals surface area contributed by atoms with Crippen molar-refractivity contribution < 1.29 is 0 Å². The van der Waals surface area contributed by atoms with Gasteiger partial charge in [0, 0.05) is 18.3 Å². The lowest BCUT2D eigenvalue weighted by molar-refractivity contribution is 0.871. The van der Waals surface area contributed by atoms with Crippen LogP contribution in [0.15, 0.2) is 36.7 Å². The van der Waals surface area contributed by atoms with Gasteiger partial charge in [0.15, 0.2) is 0 Å². The van der Waals surface area contributed by atoms with Gasteiger partial charge in [-0.1, -0.05) is 23.7 Å². The summed E-state index contributed by atoms with van der Waals surface area (Å²) >= 11 is 11.9. The van der Waals surface area contributed by atoms with Crippen molar-refractivity contribution in [3.8, 4) is 5.69 Å². The standard InChI is InChI=1S/C10H8Cl2N2/c11-7-8-3-1-4-9(12)10(8)14-6-2-5-13-14/h1-6H,7H2. The molecule has 0 unspecified atom stereocenters. The topological polar surface area (TPSA) is 17.8 Å². The van der Waals surface area contributed by atoms with Gasteiger partial charge in [-0.15, -0.1) is 11.6 Å². The molecule has 1 aromatic carbocycles. The maximum atomic E-state index is 6.08. The molecule has 1 aromatic heterocycles. The van der Waals surface area contributed by atoms with Gasteiger partial charge in [0.05, 0.1) is 10.7 Å². The maximum absolute atomic E-state index is 6.08. The molecule has 2 rings (SSSR count). The van der Waals surface area contributed by atoms with Crippen LogP contribution in [0, 0.1) is 0 Å². The molecule has 2 nitrogen and oxygen atoms in total. The Morgan fingerprint density at radius 2 is 2.14 bits per heavy atom. The highest BCUT2D eigenvalue weighted by molar-refractivity contribution is 6.32. The Morgan fingerprint density at radius 3 is 2.79 bits per heavy atom. The Labute approximate surface area is 92.1 Å². The third-order valence-corrected chi connectivity index (χ3v) is 2.54. The van der Waals surface area contributed by atoms with Gasteiger partial charge in [0.25, 0.3) is 0 Å². The lowest BCUT2D eigenvalue weighted by Gasteiger charge is -2.08. The minimum atomic E-state index is 0.426. The molecule has 0 amide bonds. The number of hydrogen-bond donors (Lipinski definition) is 0. The van der Waals surface area contributed by atoms with Crippen LogP contribution in [0.1, 0.15) is 5.56 Å². The summed E-state index contributed by atoms with van der Waals surface area (Å²) in [6.07, 6.45) is 3.55. The zero-order valence-corrected chi connectivity index (χ0v) is 8.83. The first-order valence-corrected chi connectivity index (χ1v) is 5.07. The van der Waals surface area contributed by atoms with Crippen molar-refractivity contribution in [3.63, 3.8) is 0 Å². The Bertz CT molecular complexity index is 424. The number of halogens is 2. The number of alkyl halides is 1. The van der Waals surface area contributed by atoms with E-state index in [0.717, 1.165) is 11.3 Å². The summed E-state index contributed by atoms with van der Waals surface area (Å²) in [5.74, 6) is 0.426. The number of benzene rings is 1. The van der Waals surface area contributed by atoms with Gasteiger partial charge in [-0.25, -0.2) is 4.68 Å². The van der Waals surface area contributed by atoms with Gasteiger partial charge in [-0.2, -0.15) is 5.10 Å². The second kappa shape index (κ2) is 4.03. The monoisotopic (exact) mass is 226 g/mol. The Balaban J connectivity index is 2.61. The molecular weight excluding hydrogens is 219 g/mol. The minimum Gasteiger partial charge on any atom is -0.239 e. The van der Waals surface area contributed by atoms with Crippen LogP contribution in [0.5, 0.6) is 0 Å². The van der Waals surface area contributed by atoms with Crippen LogP contribution in [0.4, 0.5) is 0 Å². The van der Waals surface area contributed by atoms with Crippen LogP contribution in [0.3, 0.4) is 0 Å². The number of hydrogen-bond acceptors (Lipinski definition) is 1. The first kappa shape index (κ1) is 9.56. The second-order valence-corrected chi connectivity index (χ2v) is 3.51. The quantitative estimate of drug-likeness (QED) is 0.720. The number of nitrogens with zero attached hydrogens (tertiary/aromatic N) is 2. The van der Waals surface area contributed by atoms with E-state index in [1.54, 1.807) is 10.9 Å². The van der Waals surface area contributed by atoms with Crippen molar-refractivity contribution in [2.75, 3.05) is 0 Å². The summed E-state index contributed by atoms with van der Waals surface area (Å²) < 4.78 is 1.72. The molecule has 0 spiro atoms. The van der Waals surface area contributed by atoms with Gasteiger partial charge in [-0.05, 0) is 17.7 Å². The van der Waals surface area contributed by atoms with E-state index in [4.69, 9.17) is 23.2 Å². The van der Waals surface area contributed by atoms with E-state index in [9.17, 15) is 0 Å². The SMILES string of the molecule is ClCc1cccc(Cl)c1-n1cccn1. The summed E-state index contributed by atoms with van der Waals surface area (Å²) in [4.78, 5) is 0. The summed E-state index contributed by atoms with van der Waals surface area (Å²) in [7, 11) is 0. The molecule has 0 aliphatic heterocycles. The molecule has 0 bridgehead atoms. The van der Waals surface area contributed by atoms with Gasteiger partial charge >= 0.3 is 0 Å². The molecule has 0 fully saturated rings. The van der Waals surface area contributed by atoms with Crippen LogP contribution >= 0.6 is 23.2 Å². The van der Waals surface area contributed by atoms with Crippen LogP contribution < -0.4 is 0 Å². The van der Waals surface area contributed by atoms with Crippen molar-refractivity contribution in [1.82, 2.24) is 9.78 Å². The number of aromatic nitrogens is 2. The number of rotatable bonds is 2. The highest BCUT2D eigenvalue weighted by atomic mass is 35.5. The van der Waals surface area contributed by atoms with E-state index in [0.29, 0.717) is 10.9 Å². The molecule has 14 heavy (non-hydrogen) atoms. The summed E-state index contributed by atoms with van der Waals surface area (Å²) in [6, 6.07) is 7.50. The van der Waals surface area contributed by atoms with Gasteiger partial charge in [0.1, 0.15) is 0 Å². The molecule has 0 saturated carbocycles. The lowest BCUT2D eigenvalue weighted by atomic mass is 10.2. The minimum absolute atomic E-state index is 0.426. The third kappa shape index (κ3) is 1.63. The average molecular weight is 227 g/mol. The van der Waals surface area contributed by atoms with Gasteiger partial charge < -0.3 is 0 Å². The van der Waals surface area contributed by atoms with E-state index < -0.39 is 0 Å². The molecule has 0 aliphatic carbocycles. The van der Waals surface area contributed by atoms with Crippen LogP contribution in [-0.4, -0.2) is 9.78 Å². The van der Waals surface area contributed by atoms with Gasteiger partial charge in [0.2, 0.25) is 0 Å². The maximum Gasteiger partial charge on any atom is 0.0875 e. The van der Waals surface area contributed by atoms with E-state index in [-0.39, 0.29) is 0 Å². The zero-order chi connectivity index (χ0) is 9.97. The molecule has 0 radical (unpaired) electrons. The molecule has 2 aromatic rings. The zero-order valence-electron chi connectivity index (χ0n) is 7.32. The van der Waals surface area contributed by atoms with Crippen LogP contribution in [-0.2, 0) is 5.88 Å². The van der Waals surface area contributed by atoms with Crippen LogP contribution in [0.25, 0.3) is 5.69 Å². The molecule has 0 saturated heterocycles. The highest BCUT2D eigenvalue weighted by Crippen LogP contribution is 2.24. The fraction of sp³-hybridized carbons (Fsp3) is 0.100. The fourth-order valence-electron chi connectivity index (χ4n) is 1.33. The molecule has 0 atom stereocenters. The van der Waals surface area contributed by atoms with Crippen LogP contribution in [0.2, 0.25) is 5.02 Å². The largest absolute Gasteiger partial charge is 0.239 e. The number of para-hydroxylation sites is 1. The van der Waals surface area contributed by atoms with Crippen molar-refractivity contribution in [2.45, 2.75) is 5.88 Å². The molecular formula is C10H8Cl2N2. The van der Waals surface area contributed by atoms with E-state index in [1.807, 2.05) is 30.5 Å². The molecule has 72 valence electrons. The summed E-state index contributed by atoms with van der Waals surface area (Å²) in [5, 5.41) is 4.79. The average Bonchev–Trinajstić information content (AvgIpc) is 2.70. The Kier molecular flexibility index (Phi) is 2.75. The third-order valence-electron chi connectivity index (χ3n) is 1.95. The van der Waals surface area contributed by atoms with E-state index in [2.05, 4.69) is 5.10 Å². The molecule has 4 heteroatoms. The molecule has 1 heterocycles. The Morgan fingerprint density at radius 1 is 1.29 bits per heavy atom. The Hall–Kier alpha value is -0.990. The predicted molar refractivity (Wildman–Crippen MR) is 58.1 cm³/mol. The van der Waals surface area contributed by atoms with E-state index >= 15 is 0 Å². The van der Waals surface area contributed by atoms with E-state index in [1.165, 1.54) is 0 Å². The van der Waals surface area contributed by atoms with Crippen molar-refractivity contribution in [2.24, 2.45) is 0 Å². The molecule has 0 N–H and O–H groups in total. The predicted octanol–water partition coefficient (Wildman–Crippen LogP) is 3.26. The van der Waals surface area contributed by atoms with Gasteiger partial charge in [-0.3, -0.25) is 0 Å². The summed E-state index contributed by atoms with van der Waals surface area (Å²) in [5.41, 5.74) is 1.83. The fourth-order valence-corrected chi connectivity index (χ4v) is 1.82. The second-order valence-electron chi connectivity index (χ2n) is 2.83. The summed E-state index contributed by atoms with van der Waals surface area (Å²) in [6.45, 7) is 0. The van der Waals surface area contributed by atoms with Crippen molar-refractivity contribution in [1.29, 1.82) is 0 Å². The van der Waals surface area contributed by atoms with Crippen molar-refractivity contribution in [3.05, 3.63) is 47.2 Å². The van der Waals surface area contributed by atoms with Crippen molar-refractivity contribution >= 4 is 23.2 Å². The first-order chi connectivity index (χ1) is 6.83. The highest BCUT2D eigenvalue weighted by Gasteiger charge is 2.07.